The molecule has 0 aliphatic heterocycles. The van der Waals surface area contributed by atoms with Crippen molar-refractivity contribution in [3.63, 3.8) is 0 Å². The number of likely N-dealkylation sites (N-methyl/N-ethyl adjacent to an activating group) is 1. The molecular weight excluding hydrogens is 228 g/mol. The molecule has 17 heavy (non-hydrogen) atoms. The van der Waals surface area contributed by atoms with Gasteiger partial charge in [-0.2, -0.15) is 0 Å². The number of aliphatic carboxylic acids is 1. The Balaban J connectivity index is 2.93. The van der Waals surface area contributed by atoms with Gasteiger partial charge in [0.2, 0.25) is 0 Å². The average Bonchev–Trinajstić information content (AvgIpc) is 2.24. The number of nitrogens with zero attached hydrogens (tertiary/aromatic N) is 1. The Labute approximate surface area is 98.7 Å². The zero-order valence-corrected chi connectivity index (χ0v) is 9.78. The number of hydrogen-bond donors (Lipinski definition) is 1. The lowest BCUT2D eigenvalue weighted by molar-refractivity contribution is -0.138. The molecule has 0 bridgehead atoms. The van der Waals surface area contributed by atoms with E-state index in [2.05, 4.69) is 0 Å². The Morgan fingerprint density at radius 3 is 2.59 bits per heavy atom. The summed E-state index contributed by atoms with van der Waals surface area (Å²) in [6, 6.07) is 2.92. The van der Waals surface area contributed by atoms with Crippen LogP contribution in [0, 0.1) is 11.6 Å². The van der Waals surface area contributed by atoms with E-state index in [-0.39, 0.29) is 6.54 Å². The van der Waals surface area contributed by atoms with E-state index in [0.717, 1.165) is 6.07 Å². The third-order valence-electron chi connectivity index (χ3n) is 2.70. The molecule has 0 saturated heterocycles. The highest BCUT2D eigenvalue weighted by molar-refractivity contribution is 5.69. The van der Waals surface area contributed by atoms with Gasteiger partial charge in [0.15, 0.2) is 0 Å². The fourth-order valence-corrected chi connectivity index (χ4v) is 1.73. The number of benzene rings is 1. The fourth-order valence-electron chi connectivity index (χ4n) is 1.73. The number of hydrogen-bond acceptors (Lipinski definition) is 2. The van der Waals surface area contributed by atoms with E-state index in [1.165, 1.54) is 12.1 Å². The monoisotopic (exact) mass is 243 g/mol. The van der Waals surface area contributed by atoms with E-state index in [0.29, 0.717) is 12.1 Å². The van der Waals surface area contributed by atoms with E-state index < -0.39 is 23.6 Å². The third kappa shape index (κ3) is 3.49. The SMILES string of the molecule is CCN(CC(=O)O)C(C)c1ccc(F)cc1F. The first-order valence-corrected chi connectivity index (χ1v) is 5.36. The predicted octanol–water partition coefficient (Wildman–Crippen LogP) is 2.43. The molecule has 0 radical (unpaired) electrons. The van der Waals surface area contributed by atoms with E-state index in [1.807, 2.05) is 0 Å². The molecule has 0 spiro atoms. The van der Waals surface area contributed by atoms with Crippen LogP contribution in [0.1, 0.15) is 25.5 Å². The van der Waals surface area contributed by atoms with E-state index in [9.17, 15) is 13.6 Å². The zero-order chi connectivity index (χ0) is 13.0. The minimum atomic E-state index is -0.971. The second-order valence-electron chi connectivity index (χ2n) is 3.80. The van der Waals surface area contributed by atoms with E-state index >= 15 is 0 Å². The number of carboxylic acids is 1. The van der Waals surface area contributed by atoms with E-state index in [1.54, 1.807) is 18.7 Å². The second-order valence-corrected chi connectivity index (χ2v) is 3.80. The van der Waals surface area contributed by atoms with Gasteiger partial charge < -0.3 is 5.11 Å². The minimum Gasteiger partial charge on any atom is -0.480 e. The van der Waals surface area contributed by atoms with Gasteiger partial charge in [0.1, 0.15) is 11.6 Å². The van der Waals surface area contributed by atoms with Crippen molar-refractivity contribution < 1.29 is 18.7 Å². The van der Waals surface area contributed by atoms with Crippen molar-refractivity contribution in [2.75, 3.05) is 13.1 Å². The Kier molecular flexibility index (Phi) is 4.57. The Bertz CT molecular complexity index is 409. The molecule has 3 nitrogen and oxygen atoms in total. The van der Waals surface area contributed by atoms with Gasteiger partial charge in [-0.05, 0) is 19.5 Å². The summed E-state index contributed by atoms with van der Waals surface area (Å²) < 4.78 is 26.3. The normalized spacial score (nSPS) is 12.8. The summed E-state index contributed by atoms with van der Waals surface area (Å²) in [6.45, 7) is 3.79. The molecule has 94 valence electrons. The van der Waals surface area contributed by atoms with Crippen molar-refractivity contribution in [3.05, 3.63) is 35.4 Å². The van der Waals surface area contributed by atoms with Gasteiger partial charge in [0.05, 0.1) is 6.54 Å². The second kappa shape index (κ2) is 5.72. The Morgan fingerprint density at radius 1 is 1.47 bits per heavy atom. The summed E-state index contributed by atoms with van der Waals surface area (Å²) in [6.07, 6.45) is 0. The minimum absolute atomic E-state index is 0.172. The molecule has 0 heterocycles. The molecule has 1 unspecified atom stereocenters. The van der Waals surface area contributed by atoms with Crippen LogP contribution in [-0.2, 0) is 4.79 Å². The van der Waals surface area contributed by atoms with Crippen LogP contribution in [-0.4, -0.2) is 29.1 Å². The van der Waals surface area contributed by atoms with Crippen LogP contribution < -0.4 is 0 Å². The van der Waals surface area contributed by atoms with Crippen LogP contribution in [0.15, 0.2) is 18.2 Å². The number of halogens is 2. The van der Waals surface area contributed by atoms with Gasteiger partial charge in [-0.3, -0.25) is 9.69 Å². The van der Waals surface area contributed by atoms with Crippen molar-refractivity contribution in [3.8, 4) is 0 Å². The van der Waals surface area contributed by atoms with Crippen molar-refractivity contribution in [1.82, 2.24) is 4.90 Å². The van der Waals surface area contributed by atoms with Gasteiger partial charge in [-0.1, -0.05) is 13.0 Å². The summed E-state index contributed by atoms with van der Waals surface area (Å²) in [5, 5.41) is 8.73. The van der Waals surface area contributed by atoms with Crippen molar-refractivity contribution >= 4 is 5.97 Å². The molecule has 1 rings (SSSR count). The van der Waals surface area contributed by atoms with Gasteiger partial charge in [0.25, 0.3) is 0 Å². The Hall–Kier alpha value is -1.49. The van der Waals surface area contributed by atoms with Crippen molar-refractivity contribution in [2.45, 2.75) is 19.9 Å². The standard InChI is InChI=1S/C12H15F2NO2/c1-3-15(7-12(16)17)8(2)10-5-4-9(13)6-11(10)14/h4-6,8H,3,7H2,1-2H3,(H,16,17). The molecule has 1 aromatic rings. The van der Waals surface area contributed by atoms with Crippen LogP contribution in [0.2, 0.25) is 0 Å². The lowest BCUT2D eigenvalue weighted by Gasteiger charge is -2.26. The molecule has 0 aliphatic rings. The molecular formula is C12H15F2NO2. The highest BCUT2D eigenvalue weighted by Crippen LogP contribution is 2.23. The first kappa shape index (κ1) is 13.6. The Morgan fingerprint density at radius 2 is 2.12 bits per heavy atom. The molecule has 1 N–H and O–H groups in total. The summed E-state index contributed by atoms with van der Waals surface area (Å²) in [7, 11) is 0. The summed E-state index contributed by atoms with van der Waals surface area (Å²) >= 11 is 0. The molecule has 0 saturated carbocycles. The number of carbonyl (C=O) groups is 1. The lowest BCUT2D eigenvalue weighted by atomic mass is 10.1. The quantitative estimate of drug-likeness (QED) is 0.863. The summed E-state index contributed by atoms with van der Waals surface area (Å²) in [4.78, 5) is 12.2. The molecule has 1 aromatic carbocycles. The third-order valence-corrected chi connectivity index (χ3v) is 2.70. The molecule has 0 aromatic heterocycles. The smallest absolute Gasteiger partial charge is 0.317 e. The van der Waals surface area contributed by atoms with Crippen LogP contribution >= 0.6 is 0 Å². The molecule has 0 aliphatic carbocycles. The molecule has 5 heteroatoms. The first-order valence-electron chi connectivity index (χ1n) is 5.36. The fraction of sp³-hybridized carbons (Fsp3) is 0.417. The topological polar surface area (TPSA) is 40.5 Å². The summed E-state index contributed by atoms with van der Waals surface area (Å²) in [5.74, 6) is -2.26. The largest absolute Gasteiger partial charge is 0.480 e. The number of rotatable bonds is 5. The summed E-state index contributed by atoms with van der Waals surface area (Å²) in [5.41, 5.74) is 0.300. The van der Waals surface area contributed by atoms with Crippen molar-refractivity contribution in [2.24, 2.45) is 0 Å². The van der Waals surface area contributed by atoms with Gasteiger partial charge >= 0.3 is 5.97 Å². The van der Waals surface area contributed by atoms with Crippen LogP contribution in [0.5, 0.6) is 0 Å². The average molecular weight is 243 g/mol. The molecule has 1 atom stereocenters. The lowest BCUT2D eigenvalue weighted by Crippen LogP contribution is -2.32. The molecule has 0 amide bonds. The maximum Gasteiger partial charge on any atom is 0.317 e. The molecule has 0 fully saturated rings. The maximum absolute atomic E-state index is 13.5. The predicted molar refractivity (Wildman–Crippen MR) is 59.7 cm³/mol. The van der Waals surface area contributed by atoms with Crippen LogP contribution in [0.25, 0.3) is 0 Å². The van der Waals surface area contributed by atoms with Gasteiger partial charge in [0, 0.05) is 17.7 Å². The van der Waals surface area contributed by atoms with Crippen LogP contribution in [0.4, 0.5) is 8.78 Å². The zero-order valence-electron chi connectivity index (χ0n) is 9.78. The highest BCUT2D eigenvalue weighted by atomic mass is 19.1. The number of carboxylic acid groups (broad SMARTS) is 1. The van der Waals surface area contributed by atoms with E-state index in [4.69, 9.17) is 5.11 Å². The van der Waals surface area contributed by atoms with Crippen LogP contribution in [0.3, 0.4) is 0 Å². The van der Waals surface area contributed by atoms with Crippen molar-refractivity contribution in [1.29, 1.82) is 0 Å². The highest BCUT2D eigenvalue weighted by Gasteiger charge is 2.19. The van der Waals surface area contributed by atoms with Gasteiger partial charge in [-0.15, -0.1) is 0 Å². The van der Waals surface area contributed by atoms with Gasteiger partial charge in [-0.25, -0.2) is 8.78 Å². The first-order chi connectivity index (χ1) is 7.95. The maximum atomic E-state index is 13.5.